The second kappa shape index (κ2) is 8.42. The molecule has 1 heterocycles. The molecule has 0 aliphatic carbocycles. The van der Waals surface area contributed by atoms with E-state index in [2.05, 4.69) is 47.7 Å². The SMILES string of the molecule is Cc1ccc(C[Se]C(Cn2ccnc2)c2ccc(Cl)cc2Cl)cc1C. The zero-order valence-corrected chi connectivity index (χ0v) is 17.5. The molecule has 0 aliphatic heterocycles. The second-order valence-corrected chi connectivity index (χ2v) is 9.49. The Morgan fingerprint density at radius 3 is 2.60 bits per heavy atom. The van der Waals surface area contributed by atoms with Gasteiger partial charge in [-0.25, -0.2) is 0 Å². The van der Waals surface area contributed by atoms with E-state index in [-0.39, 0.29) is 0 Å². The van der Waals surface area contributed by atoms with Crippen LogP contribution in [0.4, 0.5) is 0 Å². The number of nitrogens with zero attached hydrogens (tertiary/aromatic N) is 2. The van der Waals surface area contributed by atoms with E-state index in [1.807, 2.05) is 30.9 Å². The summed E-state index contributed by atoms with van der Waals surface area (Å²) in [5.74, 6) is 0. The molecule has 0 aliphatic rings. The van der Waals surface area contributed by atoms with Crippen LogP contribution < -0.4 is 0 Å². The molecule has 0 bridgehead atoms. The van der Waals surface area contributed by atoms with Crippen LogP contribution in [-0.4, -0.2) is 24.5 Å². The van der Waals surface area contributed by atoms with Gasteiger partial charge in [-0.2, -0.15) is 0 Å². The molecule has 0 fully saturated rings. The van der Waals surface area contributed by atoms with Gasteiger partial charge >= 0.3 is 166 Å². The van der Waals surface area contributed by atoms with Gasteiger partial charge in [0.05, 0.1) is 0 Å². The van der Waals surface area contributed by atoms with Gasteiger partial charge in [0.15, 0.2) is 0 Å². The molecule has 5 heteroatoms. The van der Waals surface area contributed by atoms with Gasteiger partial charge in [0.1, 0.15) is 0 Å². The zero-order valence-electron chi connectivity index (χ0n) is 14.2. The van der Waals surface area contributed by atoms with E-state index in [0.717, 1.165) is 16.9 Å². The van der Waals surface area contributed by atoms with Crippen LogP contribution in [0.15, 0.2) is 55.1 Å². The van der Waals surface area contributed by atoms with Gasteiger partial charge < -0.3 is 0 Å². The van der Waals surface area contributed by atoms with Crippen molar-refractivity contribution in [1.82, 2.24) is 9.55 Å². The fraction of sp³-hybridized carbons (Fsp3) is 0.250. The Hall–Kier alpha value is -1.25. The fourth-order valence-electron chi connectivity index (χ4n) is 2.68. The third-order valence-corrected chi connectivity index (χ3v) is 7.57. The predicted molar refractivity (Wildman–Crippen MR) is 107 cm³/mol. The molecule has 130 valence electrons. The van der Waals surface area contributed by atoms with Crippen LogP contribution in [0, 0.1) is 13.8 Å². The summed E-state index contributed by atoms with van der Waals surface area (Å²) in [5.41, 5.74) is 5.25. The molecule has 2 aromatic carbocycles. The molecular formula is C20H20Cl2N2Se. The maximum atomic E-state index is 6.49. The first-order valence-electron chi connectivity index (χ1n) is 8.11. The monoisotopic (exact) mass is 438 g/mol. The van der Waals surface area contributed by atoms with E-state index < -0.39 is 0 Å². The van der Waals surface area contributed by atoms with Crippen molar-refractivity contribution in [3.05, 3.63) is 87.4 Å². The molecule has 1 aromatic heterocycles. The number of hydrogen-bond acceptors (Lipinski definition) is 1. The normalized spacial score (nSPS) is 12.3. The molecule has 0 amide bonds. The Bertz CT molecular complexity index is 847. The van der Waals surface area contributed by atoms with Crippen LogP contribution in [0.5, 0.6) is 0 Å². The van der Waals surface area contributed by atoms with E-state index >= 15 is 0 Å². The van der Waals surface area contributed by atoms with Gasteiger partial charge in [0, 0.05) is 0 Å². The predicted octanol–water partition coefficient (Wildman–Crippen LogP) is 5.45. The molecule has 3 rings (SSSR count). The standard InChI is InChI=1S/C20H20Cl2N2Se/c1-14-3-4-16(9-15(14)2)12-25-20(11-24-8-7-23-13-24)18-6-5-17(21)10-19(18)22/h3-10,13,20H,11-12H2,1-2H3. The molecule has 25 heavy (non-hydrogen) atoms. The van der Waals surface area contributed by atoms with Crippen LogP contribution in [0.2, 0.25) is 10.0 Å². The topological polar surface area (TPSA) is 17.8 Å². The van der Waals surface area contributed by atoms with Crippen molar-refractivity contribution in [3.8, 4) is 0 Å². The van der Waals surface area contributed by atoms with E-state index in [9.17, 15) is 0 Å². The number of benzene rings is 2. The van der Waals surface area contributed by atoms with Gasteiger partial charge in [-0.05, 0) is 0 Å². The first-order valence-corrected chi connectivity index (χ1v) is 11.1. The summed E-state index contributed by atoms with van der Waals surface area (Å²) in [6.45, 7) is 5.21. The molecule has 0 saturated carbocycles. The quantitative estimate of drug-likeness (QED) is 0.468. The third kappa shape index (κ3) is 4.89. The molecule has 0 spiro atoms. The Labute approximate surface area is 165 Å². The van der Waals surface area contributed by atoms with Crippen molar-refractivity contribution in [3.63, 3.8) is 0 Å². The fourth-order valence-corrected chi connectivity index (χ4v) is 5.96. The number of halogens is 2. The van der Waals surface area contributed by atoms with Crippen LogP contribution in [0.1, 0.15) is 27.1 Å². The molecule has 0 radical (unpaired) electrons. The molecule has 2 nitrogen and oxygen atoms in total. The summed E-state index contributed by atoms with van der Waals surface area (Å²) >= 11 is 12.9. The minimum absolute atomic E-state index is 0.365. The molecular weight excluding hydrogens is 418 g/mol. The second-order valence-electron chi connectivity index (χ2n) is 6.14. The van der Waals surface area contributed by atoms with Gasteiger partial charge in [-0.1, -0.05) is 0 Å². The maximum absolute atomic E-state index is 6.49. The first kappa shape index (κ1) is 18.5. The number of hydrogen-bond donors (Lipinski definition) is 0. The van der Waals surface area contributed by atoms with Gasteiger partial charge in [0.25, 0.3) is 0 Å². The Morgan fingerprint density at radius 1 is 1.08 bits per heavy atom. The molecule has 1 unspecified atom stereocenters. The minimum atomic E-state index is 0.365. The summed E-state index contributed by atoms with van der Waals surface area (Å²) in [5, 5.41) is 2.50. The van der Waals surface area contributed by atoms with Crippen LogP contribution in [0.25, 0.3) is 0 Å². The van der Waals surface area contributed by atoms with Crippen molar-refractivity contribution in [1.29, 1.82) is 0 Å². The average Bonchev–Trinajstić information content (AvgIpc) is 3.08. The summed E-state index contributed by atoms with van der Waals surface area (Å²) in [4.78, 5) is 4.53. The summed E-state index contributed by atoms with van der Waals surface area (Å²) in [7, 11) is 0. The average molecular weight is 438 g/mol. The molecule has 1 atom stereocenters. The number of imidazole rings is 1. The number of aryl methyl sites for hydroxylation is 2. The summed E-state index contributed by atoms with van der Waals surface area (Å²) < 4.78 is 2.12. The van der Waals surface area contributed by atoms with Crippen LogP contribution in [0.3, 0.4) is 0 Å². The van der Waals surface area contributed by atoms with E-state index in [4.69, 9.17) is 23.2 Å². The zero-order chi connectivity index (χ0) is 17.8. The summed E-state index contributed by atoms with van der Waals surface area (Å²) in [6.07, 6.45) is 5.68. The van der Waals surface area contributed by atoms with Crippen molar-refractivity contribution >= 4 is 38.2 Å². The van der Waals surface area contributed by atoms with E-state index in [0.29, 0.717) is 24.8 Å². The summed E-state index contributed by atoms with van der Waals surface area (Å²) in [6, 6.07) is 12.6. The van der Waals surface area contributed by atoms with E-state index in [1.54, 1.807) is 0 Å². The van der Waals surface area contributed by atoms with E-state index in [1.165, 1.54) is 22.3 Å². The van der Waals surface area contributed by atoms with Crippen molar-refractivity contribution < 1.29 is 0 Å². The van der Waals surface area contributed by atoms with Gasteiger partial charge in [-0.15, -0.1) is 0 Å². The van der Waals surface area contributed by atoms with Crippen LogP contribution in [-0.2, 0) is 11.9 Å². The first-order chi connectivity index (χ1) is 12.0. The van der Waals surface area contributed by atoms with Crippen molar-refractivity contribution in [2.45, 2.75) is 30.5 Å². The molecule has 0 N–H and O–H groups in total. The number of rotatable bonds is 6. The van der Waals surface area contributed by atoms with Crippen molar-refractivity contribution in [2.75, 3.05) is 0 Å². The van der Waals surface area contributed by atoms with Gasteiger partial charge in [0.2, 0.25) is 0 Å². The Kier molecular flexibility index (Phi) is 6.24. The van der Waals surface area contributed by atoms with Crippen LogP contribution >= 0.6 is 23.2 Å². The molecule has 3 aromatic rings. The number of aromatic nitrogens is 2. The third-order valence-electron chi connectivity index (χ3n) is 4.27. The Morgan fingerprint density at radius 2 is 1.92 bits per heavy atom. The van der Waals surface area contributed by atoms with Gasteiger partial charge in [-0.3, -0.25) is 0 Å². The Balaban J connectivity index is 1.81. The molecule has 0 saturated heterocycles. The van der Waals surface area contributed by atoms with Crippen molar-refractivity contribution in [2.24, 2.45) is 0 Å².